The number of ether oxygens (including phenoxy) is 5. The van der Waals surface area contributed by atoms with Gasteiger partial charge in [0, 0.05) is 0 Å². The van der Waals surface area contributed by atoms with Crippen molar-refractivity contribution >= 4 is 0 Å². The highest BCUT2D eigenvalue weighted by Crippen LogP contribution is 2.30. The van der Waals surface area contributed by atoms with Gasteiger partial charge in [0.1, 0.15) is 61.0 Å². The van der Waals surface area contributed by atoms with E-state index in [2.05, 4.69) is 0 Å². The second-order valence-corrected chi connectivity index (χ2v) is 8.34. The number of rotatable bonds is 5. The van der Waals surface area contributed by atoms with Gasteiger partial charge in [0.25, 0.3) is 0 Å². The summed E-state index contributed by atoms with van der Waals surface area (Å²) in [4.78, 5) is 0. The largest absolute Gasteiger partial charge is 0.388 e. The zero-order valence-electron chi connectivity index (χ0n) is 17.4. The number of hydrogen-bond acceptors (Lipinski definition) is 14. The van der Waals surface area contributed by atoms with Crippen LogP contribution in [-0.4, -0.2) is 145 Å². The average Bonchev–Trinajstić information content (AvgIpc) is 2.76. The molecule has 32 heavy (non-hydrogen) atoms. The summed E-state index contributed by atoms with van der Waals surface area (Å²) in [6.45, 7) is 2.42. The molecule has 3 rings (SSSR count). The Hall–Kier alpha value is -0.560. The molecular formula is C18H32O14. The molecule has 0 aromatic heterocycles. The first-order valence-corrected chi connectivity index (χ1v) is 10.3. The summed E-state index contributed by atoms with van der Waals surface area (Å²) in [7, 11) is 0. The van der Waals surface area contributed by atoms with Crippen LogP contribution in [0.5, 0.6) is 0 Å². The minimum atomic E-state index is -1.77. The van der Waals surface area contributed by atoms with E-state index in [1.807, 2.05) is 0 Å². The van der Waals surface area contributed by atoms with E-state index in [0.717, 1.165) is 0 Å². The van der Waals surface area contributed by atoms with Crippen LogP contribution >= 0.6 is 0 Å². The average molecular weight is 472 g/mol. The molecule has 0 radical (unpaired) electrons. The van der Waals surface area contributed by atoms with Crippen molar-refractivity contribution in [1.29, 1.82) is 0 Å². The molecule has 14 heteroatoms. The maximum atomic E-state index is 10.6. The molecular weight excluding hydrogens is 440 g/mol. The van der Waals surface area contributed by atoms with Gasteiger partial charge in [-0.15, -0.1) is 0 Å². The molecule has 15 atom stereocenters. The van der Waals surface area contributed by atoms with E-state index in [-0.39, 0.29) is 0 Å². The lowest BCUT2D eigenvalue weighted by atomic mass is 9.97. The summed E-state index contributed by atoms with van der Waals surface area (Å²) in [5.41, 5.74) is 0. The molecule has 3 heterocycles. The lowest BCUT2D eigenvalue weighted by molar-refractivity contribution is -0.359. The van der Waals surface area contributed by atoms with E-state index >= 15 is 0 Å². The fourth-order valence-corrected chi connectivity index (χ4v) is 3.83. The molecule has 14 nitrogen and oxygen atoms in total. The topological polar surface area (TPSA) is 228 Å². The Labute approximate surface area is 183 Å². The van der Waals surface area contributed by atoms with Gasteiger partial charge < -0.3 is 69.6 Å². The molecule has 0 amide bonds. The monoisotopic (exact) mass is 472 g/mol. The molecule has 0 spiro atoms. The van der Waals surface area contributed by atoms with Crippen LogP contribution in [0.1, 0.15) is 13.8 Å². The smallest absolute Gasteiger partial charge is 0.187 e. The summed E-state index contributed by atoms with van der Waals surface area (Å²) < 4.78 is 26.7. The summed E-state index contributed by atoms with van der Waals surface area (Å²) >= 11 is 0. The van der Waals surface area contributed by atoms with Gasteiger partial charge in [0.2, 0.25) is 0 Å². The van der Waals surface area contributed by atoms with E-state index in [1.165, 1.54) is 13.8 Å². The summed E-state index contributed by atoms with van der Waals surface area (Å²) in [5, 5.41) is 89.8. The highest BCUT2D eigenvalue weighted by molar-refractivity contribution is 4.93. The molecule has 0 bridgehead atoms. The van der Waals surface area contributed by atoms with E-state index < -0.39 is 98.7 Å². The second kappa shape index (κ2) is 10.4. The summed E-state index contributed by atoms with van der Waals surface area (Å²) in [6.07, 6.45) is -21.9. The molecule has 3 saturated heterocycles. The third kappa shape index (κ3) is 5.08. The Bertz CT molecular complexity index is 610. The molecule has 3 fully saturated rings. The second-order valence-electron chi connectivity index (χ2n) is 8.34. The van der Waals surface area contributed by atoms with Crippen molar-refractivity contribution in [2.24, 2.45) is 0 Å². The van der Waals surface area contributed by atoms with Gasteiger partial charge in [-0.2, -0.15) is 0 Å². The van der Waals surface area contributed by atoms with Crippen LogP contribution in [-0.2, 0) is 23.7 Å². The molecule has 0 aromatic rings. The fourth-order valence-electron chi connectivity index (χ4n) is 3.83. The predicted octanol–water partition coefficient (Wildman–Crippen LogP) is -5.52. The van der Waals surface area contributed by atoms with Crippen LogP contribution in [0.25, 0.3) is 0 Å². The maximum absolute atomic E-state index is 10.6. The first-order valence-electron chi connectivity index (χ1n) is 10.3. The van der Waals surface area contributed by atoms with Gasteiger partial charge in [-0.1, -0.05) is 0 Å². The summed E-state index contributed by atoms with van der Waals surface area (Å²) in [5.74, 6) is 0. The molecule has 9 N–H and O–H groups in total. The number of aliphatic hydroxyl groups is 9. The minimum Gasteiger partial charge on any atom is -0.388 e. The lowest BCUT2D eigenvalue weighted by Gasteiger charge is -2.46. The molecule has 3 aliphatic rings. The van der Waals surface area contributed by atoms with Crippen molar-refractivity contribution in [2.45, 2.75) is 106 Å². The van der Waals surface area contributed by atoms with Crippen LogP contribution in [0.2, 0.25) is 0 Å². The van der Waals surface area contributed by atoms with Gasteiger partial charge in [-0.05, 0) is 13.8 Å². The molecule has 0 aromatic carbocycles. The Morgan fingerprint density at radius 2 is 1.12 bits per heavy atom. The third-order valence-corrected chi connectivity index (χ3v) is 5.99. The SMILES string of the molecule is CC1OC(OC2C(O)C(C)OC(OCC3OC(O)C(O)C(O)C3O)C2O)C(O)C(O)C1O. The van der Waals surface area contributed by atoms with Crippen molar-refractivity contribution in [3.8, 4) is 0 Å². The Balaban J connectivity index is 1.64. The number of aliphatic hydroxyl groups excluding tert-OH is 9. The van der Waals surface area contributed by atoms with Crippen LogP contribution in [0, 0.1) is 0 Å². The summed E-state index contributed by atoms with van der Waals surface area (Å²) in [6, 6.07) is 0. The van der Waals surface area contributed by atoms with Crippen LogP contribution in [0.4, 0.5) is 0 Å². The molecule has 188 valence electrons. The Kier molecular flexibility index (Phi) is 8.44. The van der Waals surface area contributed by atoms with Crippen molar-refractivity contribution in [3.63, 3.8) is 0 Å². The highest BCUT2D eigenvalue weighted by Gasteiger charge is 2.50. The third-order valence-electron chi connectivity index (χ3n) is 5.99. The van der Waals surface area contributed by atoms with E-state index in [0.29, 0.717) is 0 Å². The van der Waals surface area contributed by atoms with Crippen molar-refractivity contribution in [3.05, 3.63) is 0 Å². The first kappa shape index (κ1) is 26.1. The quantitative estimate of drug-likeness (QED) is 0.182. The molecule has 0 saturated carbocycles. The lowest BCUT2D eigenvalue weighted by Crippen LogP contribution is -2.64. The highest BCUT2D eigenvalue weighted by atomic mass is 16.7. The Morgan fingerprint density at radius 1 is 0.562 bits per heavy atom. The Morgan fingerprint density at radius 3 is 1.78 bits per heavy atom. The van der Waals surface area contributed by atoms with Crippen LogP contribution in [0.15, 0.2) is 0 Å². The van der Waals surface area contributed by atoms with E-state index in [1.54, 1.807) is 0 Å². The van der Waals surface area contributed by atoms with Crippen molar-refractivity contribution in [1.82, 2.24) is 0 Å². The van der Waals surface area contributed by atoms with Crippen LogP contribution in [0.3, 0.4) is 0 Å². The molecule has 0 aliphatic carbocycles. The zero-order chi connectivity index (χ0) is 23.9. The first-order chi connectivity index (χ1) is 14.9. The van der Waals surface area contributed by atoms with Crippen molar-refractivity contribution < 1.29 is 69.6 Å². The van der Waals surface area contributed by atoms with Crippen LogP contribution < -0.4 is 0 Å². The number of hydrogen-bond donors (Lipinski definition) is 9. The van der Waals surface area contributed by atoms with Gasteiger partial charge in [-0.3, -0.25) is 0 Å². The molecule has 3 aliphatic heterocycles. The van der Waals surface area contributed by atoms with E-state index in [9.17, 15) is 46.0 Å². The van der Waals surface area contributed by atoms with Crippen molar-refractivity contribution in [2.75, 3.05) is 6.61 Å². The minimum absolute atomic E-state index is 0.482. The zero-order valence-corrected chi connectivity index (χ0v) is 17.4. The van der Waals surface area contributed by atoms with E-state index in [4.69, 9.17) is 23.7 Å². The van der Waals surface area contributed by atoms with Gasteiger partial charge in [0.15, 0.2) is 18.9 Å². The standard InChI is InChI=1S/C18H32O14/c1-4-7(19)10(22)13(25)18(30-4)32-15-8(20)5(2)29-17(14(15)26)28-3-6-9(21)11(23)12(24)16(27)31-6/h4-27H,3H2,1-2H3. The van der Waals surface area contributed by atoms with Gasteiger partial charge in [-0.25, -0.2) is 0 Å². The maximum Gasteiger partial charge on any atom is 0.187 e. The predicted molar refractivity (Wildman–Crippen MR) is 98.4 cm³/mol. The molecule has 15 unspecified atom stereocenters. The van der Waals surface area contributed by atoms with Gasteiger partial charge in [0.05, 0.1) is 18.8 Å². The normalized spacial score (nSPS) is 55.0. The fraction of sp³-hybridized carbons (Fsp3) is 1.00. The van der Waals surface area contributed by atoms with Gasteiger partial charge >= 0.3 is 0 Å².